The Morgan fingerprint density at radius 3 is 2.42 bits per heavy atom. The van der Waals surface area contributed by atoms with E-state index in [0.717, 1.165) is 13.2 Å². The van der Waals surface area contributed by atoms with Crippen LogP contribution < -0.4 is 4.90 Å². The third-order valence-corrected chi connectivity index (χ3v) is 4.17. The second-order valence-corrected chi connectivity index (χ2v) is 5.84. The van der Waals surface area contributed by atoms with Crippen molar-refractivity contribution in [1.82, 2.24) is 4.90 Å². The number of rotatable bonds is 1. The number of nitrogens with zero attached hydrogens (tertiary/aromatic N) is 2. The fraction of sp³-hybridized carbons (Fsp3) is 0.412. The van der Waals surface area contributed by atoms with Gasteiger partial charge in [-0.15, -0.1) is 0 Å². The van der Waals surface area contributed by atoms with E-state index < -0.39 is 0 Å². The molecule has 0 bridgehead atoms. The molecule has 2 heterocycles. The van der Waals surface area contributed by atoms with Crippen molar-refractivity contribution in [3.8, 4) is 0 Å². The Morgan fingerprint density at radius 2 is 1.79 bits per heavy atom. The van der Waals surface area contributed by atoms with Crippen molar-refractivity contribution in [3.63, 3.8) is 0 Å². The molecule has 19 heavy (non-hydrogen) atoms. The Hall–Kier alpha value is -1.70. The Balaban J connectivity index is 1.94. The second kappa shape index (κ2) is 4.44. The van der Waals surface area contributed by atoms with Gasteiger partial charge in [-0.3, -0.25) is 0 Å². The Labute approximate surface area is 116 Å². The molecule has 2 aliphatic heterocycles. The highest BCUT2D eigenvalue weighted by atomic mass is 15.4. The van der Waals surface area contributed by atoms with E-state index in [2.05, 4.69) is 67.9 Å². The van der Waals surface area contributed by atoms with E-state index in [0.29, 0.717) is 6.04 Å². The lowest BCUT2D eigenvalue weighted by Gasteiger charge is -2.28. The molecule has 2 nitrogen and oxygen atoms in total. The maximum absolute atomic E-state index is 2.50. The second-order valence-electron chi connectivity index (χ2n) is 5.84. The van der Waals surface area contributed by atoms with Gasteiger partial charge in [-0.1, -0.05) is 29.8 Å². The number of hydrogen-bond acceptors (Lipinski definition) is 2. The predicted molar refractivity (Wildman–Crippen MR) is 81.4 cm³/mol. The van der Waals surface area contributed by atoms with Crippen LogP contribution in [-0.2, 0) is 0 Å². The van der Waals surface area contributed by atoms with Gasteiger partial charge in [0.2, 0.25) is 0 Å². The monoisotopic (exact) mass is 254 g/mol. The van der Waals surface area contributed by atoms with Crippen LogP contribution in [0.15, 0.2) is 36.1 Å². The fourth-order valence-corrected chi connectivity index (χ4v) is 3.40. The zero-order valence-electron chi connectivity index (χ0n) is 12.3. The average molecular weight is 254 g/mol. The van der Waals surface area contributed by atoms with Gasteiger partial charge in [-0.25, -0.2) is 0 Å². The van der Waals surface area contributed by atoms with Crippen molar-refractivity contribution < 1.29 is 0 Å². The van der Waals surface area contributed by atoms with E-state index in [9.17, 15) is 0 Å². The average Bonchev–Trinajstić information content (AvgIpc) is 2.72. The molecule has 0 spiro atoms. The summed E-state index contributed by atoms with van der Waals surface area (Å²) in [5.41, 5.74) is 6.98. The molecule has 0 saturated carbocycles. The highest BCUT2D eigenvalue weighted by Gasteiger charge is 2.29. The molecule has 0 amide bonds. The van der Waals surface area contributed by atoms with Gasteiger partial charge in [0.1, 0.15) is 0 Å². The predicted octanol–water partition coefficient (Wildman–Crippen LogP) is 3.53. The summed E-state index contributed by atoms with van der Waals surface area (Å²) >= 11 is 0. The van der Waals surface area contributed by atoms with E-state index >= 15 is 0 Å². The summed E-state index contributed by atoms with van der Waals surface area (Å²) in [6.45, 7) is 10.9. The van der Waals surface area contributed by atoms with Crippen LogP contribution in [0.2, 0.25) is 0 Å². The molecule has 0 N–H and O–H groups in total. The molecule has 3 rings (SSSR count). The third-order valence-electron chi connectivity index (χ3n) is 4.17. The molecule has 1 aromatic carbocycles. The smallest absolute Gasteiger partial charge is 0.0910 e. The largest absolute Gasteiger partial charge is 0.349 e. The van der Waals surface area contributed by atoms with Crippen molar-refractivity contribution >= 4 is 5.69 Å². The summed E-state index contributed by atoms with van der Waals surface area (Å²) < 4.78 is 0. The molecule has 0 radical (unpaired) electrons. The molecular formula is C17H22N2. The lowest BCUT2D eigenvalue weighted by Crippen LogP contribution is -2.32. The van der Waals surface area contributed by atoms with Crippen LogP contribution in [0.3, 0.4) is 0 Å². The standard InChI is InChI=1S/C17H22N2/c1-12-8-13(2)17(14(3)9-12)18-10-16-7-5-6-15(4)19(16)11-18/h5-9,15H,10-11H2,1-4H3. The lowest BCUT2D eigenvalue weighted by molar-refractivity contribution is 0.347. The van der Waals surface area contributed by atoms with Gasteiger partial charge in [0.15, 0.2) is 0 Å². The topological polar surface area (TPSA) is 6.48 Å². The van der Waals surface area contributed by atoms with E-state index in [1.165, 1.54) is 28.1 Å². The lowest BCUT2D eigenvalue weighted by atomic mass is 10.0. The maximum Gasteiger partial charge on any atom is 0.0910 e. The zero-order valence-corrected chi connectivity index (χ0v) is 12.3. The van der Waals surface area contributed by atoms with Gasteiger partial charge in [0.05, 0.1) is 13.2 Å². The maximum atomic E-state index is 2.50. The van der Waals surface area contributed by atoms with Crippen LogP contribution in [0.4, 0.5) is 5.69 Å². The van der Waals surface area contributed by atoms with Gasteiger partial charge in [-0.05, 0) is 44.9 Å². The summed E-state index contributed by atoms with van der Waals surface area (Å²) in [5.74, 6) is 0. The van der Waals surface area contributed by atoms with Crippen LogP contribution in [0.5, 0.6) is 0 Å². The Bertz CT molecular complexity index is 546. The highest BCUT2D eigenvalue weighted by Crippen LogP contribution is 2.32. The number of aryl methyl sites for hydroxylation is 3. The van der Waals surface area contributed by atoms with Crippen molar-refractivity contribution in [2.45, 2.75) is 33.7 Å². The van der Waals surface area contributed by atoms with Crippen molar-refractivity contribution in [3.05, 3.63) is 52.7 Å². The van der Waals surface area contributed by atoms with Crippen LogP contribution in [0.25, 0.3) is 0 Å². The summed E-state index contributed by atoms with van der Waals surface area (Å²) in [6.07, 6.45) is 6.70. The molecule has 100 valence electrons. The molecule has 1 fully saturated rings. The molecule has 2 aliphatic rings. The van der Waals surface area contributed by atoms with E-state index in [-0.39, 0.29) is 0 Å². The number of anilines is 1. The van der Waals surface area contributed by atoms with E-state index in [1.807, 2.05) is 0 Å². The molecule has 1 unspecified atom stereocenters. The molecule has 2 heteroatoms. The molecule has 1 atom stereocenters. The highest BCUT2D eigenvalue weighted by molar-refractivity contribution is 5.62. The SMILES string of the molecule is Cc1cc(C)c(N2CC3=CC=CC(C)N3C2)c(C)c1. The Kier molecular flexibility index (Phi) is 2.89. The van der Waals surface area contributed by atoms with Crippen molar-refractivity contribution in [2.75, 3.05) is 18.1 Å². The molecule has 0 aromatic heterocycles. The summed E-state index contributed by atoms with van der Waals surface area (Å²) in [6, 6.07) is 5.09. The first kappa shape index (κ1) is 12.3. The normalized spacial score (nSPS) is 21.7. The minimum absolute atomic E-state index is 0.510. The van der Waals surface area contributed by atoms with Gasteiger partial charge >= 0.3 is 0 Å². The molecular weight excluding hydrogens is 232 g/mol. The zero-order chi connectivity index (χ0) is 13.6. The Morgan fingerprint density at radius 1 is 1.11 bits per heavy atom. The van der Waals surface area contributed by atoms with Gasteiger partial charge in [0, 0.05) is 17.4 Å². The number of fused-ring (bicyclic) bond motifs is 1. The first-order valence-corrected chi connectivity index (χ1v) is 7.03. The van der Waals surface area contributed by atoms with Gasteiger partial charge in [-0.2, -0.15) is 0 Å². The summed E-state index contributed by atoms with van der Waals surface area (Å²) in [4.78, 5) is 4.98. The minimum Gasteiger partial charge on any atom is -0.349 e. The first-order chi connectivity index (χ1) is 9.06. The molecule has 1 aromatic rings. The number of hydrogen-bond donors (Lipinski definition) is 0. The van der Waals surface area contributed by atoms with Gasteiger partial charge < -0.3 is 9.80 Å². The number of benzene rings is 1. The third kappa shape index (κ3) is 2.05. The number of allylic oxidation sites excluding steroid dienone is 2. The first-order valence-electron chi connectivity index (χ1n) is 7.03. The van der Waals surface area contributed by atoms with E-state index in [4.69, 9.17) is 0 Å². The van der Waals surface area contributed by atoms with Crippen LogP contribution in [0.1, 0.15) is 23.6 Å². The van der Waals surface area contributed by atoms with Crippen LogP contribution >= 0.6 is 0 Å². The summed E-state index contributed by atoms with van der Waals surface area (Å²) in [5, 5.41) is 0. The van der Waals surface area contributed by atoms with Crippen molar-refractivity contribution in [2.24, 2.45) is 0 Å². The van der Waals surface area contributed by atoms with Gasteiger partial charge in [0.25, 0.3) is 0 Å². The van der Waals surface area contributed by atoms with Crippen LogP contribution in [0, 0.1) is 20.8 Å². The minimum atomic E-state index is 0.510. The molecule has 1 saturated heterocycles. The summed E-state index contributed by atoms with van der Waals surface area (Å²) in [7, 11) is 0. The quantitative estimate of drug-likeness (QED) is 0.756. The van der Waals surface area contributed by atoms with Crippen LogP contribution in [-0.4, -0.2) is 24.2 Å². The molecule has 0 aliphatic carbocycles. The van der Waals surface area contributed by atoms with Crippen molar-refractivity contribution in [1.29, 1.82) is 0 Å². The fourth-order valence-electron chi connectivity index (χ4n) is 3.40. The van der Waals surface area contributed by atoms with E-state index in [1.54, 1.807) is 0 Å².